The summed E-state index contributed by atoms with van der Waals surface area (Å²) in [5.41, 5.74) is 4.06. The van der Waals surface area contributed by atoms with Crippen molar-refractivity contribution in [3.05, 3.63) is 53.3 Å². The molecule has 1 aromatic heterocycles. The van der Waals surface area contributed by atoms with Gasteiger partial charge < -0.3 is 9.88 Å². The maximum Gasteiger partial charge on any atom is 0.0488 e. The molecule has 0 radical (unpaired) electrons. The summed E-state index contributed by atoms with van der Waals surface area (Å²) in [6.45, 7) is 3.38. The number of hydrogen-bond donors (Lipinski definition) is 0. The standard InChI is InChI=1S/C18H19N2/c1-12(16-11-19-16)9-13-7-8-18-15(10-13)14-5-3-4-6-17(14)20(18)2/h3-8,10,12,16H,9,11H2,1-2H3/q-1. The molecule has 0 bridgehead atoms. The van der Waals surface area contributed by atoms with Crippen LogP contribution in [0.3, 0.4) is 0 Å². The van der Waals surface area contributed by atoms with E-state index >= 15 is 0 Å². The molecule has 2 unspecified atom stereocenters. The largest absolute Gasteiger partial charge is 0.662 e. The van der Waals surface area contributed by atoms with Crippen molar-refractivity contribution >= 4 is 21.8 Å². The van der Waals surface area contributed by atoms with Crippen LogP contribution in [0.25, 0.3) is 27.1 Å². The van der Waals surface area contributed by atoms with E-state index in [4.69, 9.17) is 0 Å². The van der Waals surface area contributed by atoms with Gasteiger partial charge in [0.15, 0.2) is 0 Å². The predicted molar refractivity (Wildman–Crippen MR) is 85.3 cm³/mol. The number of rotatable bonds is 3. The summed E-state index contributed by atoms with van der Waals surface area (Å²) in [4.78, 5) is 0. The van der Waals surface area contributed by atoms with Crippen molar-refractivity contribution in [1.29, 1.82) is 0 Å². The van der Waals surface area contributed by atoms with Crippen LogP contribution in [0.5, 0.6) is 0 Å². The van der Waals surface area contributed by atoms with Crippen LogP contribution in [-0.2, 0) is 13.5 Å². The topological polar surface area (TPSA) is 19.0 Å². The fraction of sp³-hybridized carbons (Fsp3) is 0.333. The SMILES string of the molecule is CC(Cc1ccc2c(c1)c1ccccc1n2C)C1C[N-]1. The van der Waals surface area contributed by atoms with Crippen LogP contribution in [0.4, 0.5) is 0 Å². The first kappa shape index (κ1) is 12.0. The van der Waals surface area contributed by atoms with Crippen LogP contribution in [-0.4, -0.2) is 17.2 Å². The van der Waals surface area contributed by atoms with Crippen LogP contribution >= 0.6 is 0 Å². The van der Waals surface area contributed by atoms with Crippen molar-refractivity contribution in [2.75, 3.05) is 6.54 Å². The van der Waals surface area contributed by atoms with Gasteiger partial charge >= 0.3 is 0 Å². The Kier molecular flexibility index (Phi) is 2.61. The minimum atomic E-state index is 0.609. The summed E-state index contributed by atoms with van der Waals surface area (Å²) in [6, 6.07) is 16.2. The molecule has 1 aliphatic rings. The summed E-state index contributed by atoms with van der Waals surface area (Å²) >= 11 is 0. The predicted octanol–water partition coefficient (Wildman–Crippen LogP) is 4.27. The van der Waals surface area contributed by atoms with Crippen LogP contribution in [0.2, 0.25) is 0 Å². The molecule has 1 saturated heterocycles. The number of para-hydroxylation sites is 1. The molecule has 2 atom stereocenters. The summed E-state index contributed by atoms with van der Waals surface area (Å²) in [6.07, 6.45) is 1.13. The molecule has 2 aromatic carbocycles. The second-order valence-corrected chi connectivity index (χ2v) is 6.04. The lowest BCUT2D eigenvalue weighted by molar-refractivity contribution is 0.591. The maximum absolute atomic E-state index is 4.41. The second kappa shape index (κ2) is 4.35. The van der Waals surface area contributed by atoms with Gasteiger partial charge in [-0.2, -0.15) is 12.6 Å². The number of benzene rings is 2. The lowest BCUT2D eigenvalue weighted by Gasteiger charge is -2.14. The molecule has 0 amide bonds. The molecular formula is C18H19N2-. The highest BCUT2D eigenvalue weighted by atomic mass is 15.1. The Bertz CT molecular complexity index is 781. The van der Waals surface area contributed by atoms with E-state index in [1.54, 1.807) is 0 Å². The number of nitrogens with zero attached hydrogens (tertiary/aromatic N) is 2. The lowest BCUT2D eigenvalue weighted by atomic mass is 9.97. The molecule has 1 aliphatic heterocycles. The van der Waals surface area contributed by atoms with E-state index in [1.807, 2.05) is 0 Å². The fourth-order valence-corrected chi connectivity index (χ4v) is 3.27. The van der Waals surface area contributed by atoms with Crippen LogP contribution < -0.4 is 0 Å². The third kappa shape index (κ3) is 1.83. The van der Waals surface area contributed by atoms with E-state index in [0.717, 1.165) is 13.0 Å². The molecule has 1 fully saturated rings. The van der Waals surface area contributed by atoms with Gasteiger partial charge in [0.25, 0.3) is 0 Å². The molecule has 3 aromatic rings. The zero-order valence-corrected chi connectivity index (χ0v) is 12.0. The van der Waals surface area contributed by atoms with Crippen molar-refractivity contribution in [3.63, 3.8) is 0 Å². The molecular weight excluding hydrogens is 244 g/mol. The van der Waals surface area contributed by atoms with E-state index in [0.29, 0.717) is 12.0 Å². The molecule has 2 heterocycles. The molecule has 102 valence electrons. The summed E-state index contributed by atoms with van der Waals surface area (Å²) in [5.74, 6) is 0.669. The third-order valence-corrected chi connectivity index (χ3v) is 4.59. The smallest absolute Gasteiger partial charge is 0.0488 e. The lowest BCUT2D eigenvalue weighted by Crippen LogP contribution is -2.06. The van der Waals surface area contributed by atoms with Gasteiger partial charge in [-0.25, -0.2) is 0 Å². The van der Waals surface area contributed by atoms with Crippen LogP contribution in [0.15, 0.2) is 42.5 Å². The summed E-state index contributed by atoms with van der Waals surface area (Å²) in [7, 11) is 2.15. The zero-order valence-electron chi connectivity index (χ0n) is 12.0. The maximum atomic E-state index is 4.41. The molecule has 0 N–H and O–H groups in total. The number of fused-ring (bicyclic) bond motifs is 3. The van der Waals surface area contributed by atoms with Gasteiger partial charge in [-0.3, -0.25) is 0 Å². The van der Waals surface area contributed by atoms with Gasteiger partial charge in [0.2, 0.25) is 0 Å². The Hall–Kier alpha value is -1.80. The molecule has 0 aliphatic carbocycles. The average molecular weight is 263 g/mol. The van der Waals surface area contributed by atoms with E-state index in [2.05, 4.69) is 66.3 Å². The fourth-order valence-electron chi connectivity index (χ4n) is 3.27. The Morgan fingerprint density at radius 2 is 1.90 bits per heavy atom. The van der Waals surface area contributed by atoms with Crippen molar-refractivity contribution in [3.8, 4) is 0 Å². The highest BCUT2D eigenvalue weighted by Crippen LogP contribution is 2.32. The first-order valence-electron chi connectivity index (χ1n) is 7.36. The van der Waals surface area contributed by atoms with Crippen molar-refractivity contribution in [1.82, 2.24) is 4.57 Å². The van der Waals surface area contributed by atoms with Gasteiger partial charge in [-0.1, -0.05) is 37.1 Å². The normalized spacial score (nSPS) is 19.6. The number of aryl methyl sites for hydroxylation is 1. The molecule has 0 spiro atoms. The van der Waals surface area contributed by atoms with Gasteiger partial charge in [-0.05, 0) is 30.2 Å². The number of hydrogen-bond acceptors (Lipinski definition) is 0. The Morgan fingerprint density at radius 3 is 2.70 bits per heavy atom. The third-order valence-electron chi connectivity index (χ3n) is 4.59. The summed E-state index contributed by atoms with van der Waals surface area (Å²) in [5, 5.41) is 7.14. The Balaban J connectivity index is 1.83. The minimum Gasteiger partial charge on any atom is -0.662 e. The van der Waals surface area contributed by atoms with Gasteiger partial charge in [-0.15, -0.1) is 0 Å². The monoisotopic (exact) mass is 263 g/mol. The van der Waals surface area contributed by atoms with Crippen LogP contribution in [0.1, 0.15) is 12.5 Å². The molecule has 4 rings (SSSR count). The van der Waals surface area contributed by atoms with E-state index in [1.165, 1.54) is 27.4 Å². The molecule has 2 nitrogen and oxygen atoms in total. The molecule has 2 heteroatoms. The van der Waals surface area contributed by atoms with E-state index in [9.17, 15) is 0 Å². The van der Waals surface area contributed by atoms with Crippen molar-refractivity contribution in [2.24, 2.45) is 13.0 Å². The quantitative estimate of drug-likeness (QED) is 0.629. The minimum absolute atomic E-state index is 0.609. The molecule has 20 heavy (non-hydrogen) atoms. The molecule has 0 saturated carbocycles. The van der Waals surface area contributed by atoms with Gasteiger partial charge in [0.05, 0.1) is 0 Å². The van der Waals surface area contributed by atoms with Crippen molar-refractivity contribution in [2.45, 2.75) is 19.4 Å². The summed E-state index contributed by atoms with van der Waals surface area (Å²) < 4.78 is 2.29. The van der Waals surface area contributed by atoms with Gasteiger partial charge in [0.1, 0.15) is 0 Å². The first-order valence-corrected chi connectivity index (χ1v) is 7.36. The second-order valence-electron chi connectivity index (χ2n) is 6.04. The highest BCUT2D eigenvalue weighted by Gasteiger charge is 2.15. The van der Waals surface area contributed by atoms with Crippen LogP contribution in [0, 0.1) is 5.92 Å². The van der Waals surface area contributed by atoms with E-state index < -0.39 is 0 Å². The van der Waals surface area contributed by atoms with E-state index in [-0.39, 0.29) is 0 Å². The van der Waals surface area contributed by atoms with Gasteiger partial charge in [0, 0.05) is 28.9 Å². The highest BCUT2D eigenvalue weighted by molar-refractivity contribution is 6.08. The number of aromatic nitrogens is 1. The van der Waals surface area contributed by atoms with Crippen molar-refractivity contribution < 1.29 is 0 Å². The average Bonchev–Trinajstić information content (AvgIpc) is 3.28. The first-order chi connectivity index (χ1) is 9.74. The Morgan fingerprint density at radius 1 is 1.15 bits per heavy atom. The Labute approximate surface area is 119 Å². The zero-order chi connectivity index (χ0) is 13.7.